The topological polar surface area (TPSA) is 86.8 Å². The van der Waals surface area contributed by atoms with Crippen LogP contribution in [0.15, 0.2) is 89.8 Å². The maximum absolute atomic E-state index is 14.0. The lowest BCUT2D eigenvalue weighted by Gasteiger charge is -2.33. The molecule has 0 saturated carbocycles. The van der Waals surface area contributed by atoms with Gasteiger partial charge < -0.3 is 10.2 Å². The molecule has 0 aliphatic carbocycles. The third-order valence-corrected chi connectivity index (χ3v) is 8.68. The molecule has 0 aromatic heterocycles. The zero-order chi connectivity index (χ0) is 28.4. The van der Waals surface area contributed by atoms with Gasteiger partial charge in [0, 0.05) is 12.6 Å². The highest BCUT2D eigenvalue weighted by atomic mass is 32.2. The molecule has 0 heterocycles. The normalized spacial score (nSPS) is 12.8. The average molecular weight is 550 g/mol. The molecule has 0 fully saturated rings. The van der Waals surface area contributed by atoms with Gasteiger partial charge in [0.15, 0.2) is 0 Å². The minimum absolute atomic E-state index is 0.0441. The summed E-state index contributed by atoms with van der Waals surface area (Å²) in [5.41, 5.74) is 2.29. The highest BCUT2D eigenvalue weighted by Crippen LogP contribution is 2.28. The summed E-state index contributed by atoms with van der Waals surface area (Å²) in [7, 11) is -4.07. The summed E-state index contributed by atoms with van der Waals surface area (Å²) >= 11 is 0. The minimum Gasteiger partial charge on any atom is -0.352 e. The predicted octanol–water partition coefficient (Wildman–Crippen LogP) is 4.82. The van der Waals surface area contributed by atoms with Crippen molar-refractivity contribution in [2.75, 3.05) is 17.4 Å². The molecule has 1 N–H and O–H groups in total. The first kappa shape index (κ1) is 29.9. The molecule has 0 bridgehead atoms. The third-order valence-electron chi connectivity index (χ3n) is 6.90. The van der Waals surface area contributed by atoms with E-state index < -0.39 is 28.5 Å². The van der Waals surface area contributed by atoms with Crippen LogP contribution < -0.4 is 9.62 Å². The smallest absolute Gasteiger partial charge is 0.264 e. The number of nitrogens with zero attached hydrogens (tertiary/aromatic N) is 2. The minimum atomic E-state index is -4.07. The van der Waals surface area contributed by atoms with Gasteiger partial charge in [-0.1, -0.05) is 80.6 Å². The average Bonchev–Trinajstić information content (AvgIpc) is 2.96. The number of benzene rings is 3. The van der Waals surface area contributed by atoms with E-state index in [4.69, 9.17) is 0 Å². The first-order valence-corrected chi connectivity index (χ1v) is 14.9. The Morgan fingerprint density at radius 2 is 1.44 bits per heavy atom. The first-order valence-electron chi connectivity index (χ1n) is 13.5. The maximum Gasteiger partial charge on any atom is 0.264 e. The van der Waals surface area contributed by atoms with Gasteiger partial charge in [-0.15, -0.1) is 0 Å². The molecule has 7 nitrogen and oxygen atoms in total. The molecule has 2 atom stereocenters. The van der Waals surface area contributed by atoms with E-state index in [9.17, 15) is 18.0 Å². The first-order chi connectivity index (χ1) is 18.7. The Kier molecular flexibility index (Phi) is 10.7. The molecule has 0 radical (unpaired) electrons. The van der Waals surface area contributed by atoms with Crippen LogP contribution in [0.5, 0.6) is 0 Å². The lowest BCUT2D eigenvalue weighted by molar-refractivity contribution is -0.139. The summed E-state index contributed by atoms with van der Waals surface area (Å²) in [5.74, 6) is -0.708. The Labute approximate surface area is 232 Å². The Morgan fingerprint density at radius 3 is 2.05 bits per heavy atom. The number of hydrogen-bond acceptors (Lipinski definition) is 4. The van der Waals surface area contributed by atoms with E-state index >= 15 is 0 Å². The van der Waals surface area contributed by atoms with Gasteiger partial charge in [-0.25, -0.2) is 8.42 Å². The Hall–Kier alpha value is -3.65. The number of anilines is 1. The van der Waals surface area contributed by atoms with Gasteiger partial charge in [0.2, 0.25) is 11.8 Å². The van der Waals surface area contributed by atoms with Crippen molar-refractivity contribution in [3.63, 3.8) is 0 Å². The lowest BCUT2D eigenvalue weighted by atomic mass is 10.1. The van der Waals surface area contributed by atoms with Crippen molar-refractivity contribution in [2.24, 2.45) is 0 Å². The maximum atomic E-state index is 14.0. The van der Waals surface area contributed by atoms with Crippen molar-refractivity contribution in [1.29, 1.82) is 0 Å². The van der Waals surface area contributed by atoms with Gasteiger partial charge in [0.25, 0.3) is 10.0 Å². The number of hydrogen-bond donors (Lipinski definition) is 1. The summed E-state index contributed by atoms with van der Waals surface area (Å²) in [6, 6.07) is 24.2. The van der Waals surface area contributed by atoms with Crippen LogP contribution in [0.3, 0.4) is 0 Å². The molecular weight excluding hydrogens is 510 g/mol. The van der Waals surface area contributed by atoms with Crippen molar-refractivity contribution in [3.8, 4) is 0 Å². The molecule has 39 heavy (non-hydrogen) atoms. The van der Waals surface area contributed by atoms with E-state index in [2.05, 4.69) is 5.32 Å². The van der Waals surface area contributed by atoms with E-state index in [-0.39, 0.29) is 23.4 Å². The van der Waals surface area contributed by atoms with Crippen LogP contribution in [0.25, 0.3) is 0 Å². The van der Waals surface area contributed by atoms with Crippen molar-refractivity contribution >= 4 is 27.5 Å². The molecule has 3 aromatic rings. The number of para-hydroxylation sites is 1. The second-order valence-corrected chi connectivity index (χ2v) is 11.5. The van der Waals surface area contributed by atoms with Crippen LogP contribution >= 0.6 is 0 Å². The molecule has 0 aliphatic heterocycles. The van der Waals surface area contributed by atoms with Gasteiger partial charge in [-0.05, 0) is 62.4 Å². The molecule has 0 unspecified atom stereocenters. The highest BCUT2D eigenvalue weighted by molar-refractivity contribution is 7.92. The summed E-state index contributed by atoms with van der Waals surface area (Å²) in [6.07, 6.45) is 1.88. The molecule has 3 aromatic carbocycles. The SMILES string of the molecule is CCc1ccccc1N(CC(=O)N(CCc1ccccc1)[C@@H](C)C(=O)N[C@H](C)CC)S(=O)(=O)c1ccccc1. The second kappa shape index (κ2) is 13.9. The van der Waals surface area contributed by atoms with Crippen LogP contribution in [0.1, 0.15) is 45.2 Å². The molecule has 208 valence electrons. The Morgan fingerprint density at radius 1 is 0.846 bits per heavy atom. The fourth-order valence-corrected chi connectivity index (χ4v) is 5.79. The second-order valence-electron chi connectivity index (χ2n) is 9.62. The third kappa shape index (κ3) is 7.69. The van der Waals surface area contributed by atoms with E-state index in [0.29, 0.717) is 18.5 Å². The van der Waals surface area contributed by atoms with Gasteiger partial charge in [0.1, 0.15) is 12.6 Å². The zero-order valence-corrected chi connectivity index (χ0v) is 24.0. The van der Waals surface area contributed by atoms with Crippen molar-refractivity contribution in [1.82, 2.24) is 10.2 Å². The molecule has 0 saturated heterocycles. The number of sulfonamides is 1. The van der Waals surface area contributed by atoms with E-state index in [1.165, 1.54) is 21.3 Å². The van der Waals surface area contributed by atoms with Gasteiger partial charge in [-0.3, -0.25) is 13.9 Å². The lowest BCUT2D eigenvalue weighted by Crippen LogP contribution is -2.53. The summed E-state index contributed by atoms with van der Waals surface area (Å²) in [5, 5.41) is 2.96. The quantitative estimate of drug-likeness (QED) is 0.331. The van der Waals surface area contributed by atoms with E-state index in [1.54, 1.807) is 37.3 Å². The number of rotatable bonds is 13. The van der Waals surface area contributed by atoms with Crippen LogP contribution in [0.4, 0.5) is 5.69 Å². The summed E-state index contributed by atoms with van der Waals surface area (Å²) in [4.78, 5) is 28.7. The van der Waals surface area contributed by atoms with Gasteiger partial charge in [0.05, 0.1) is 10.6 Å². The number of amides is 2. The summed E-state index contributed by atoms with van der Waals surface area (Å²) < 4.78 is 29.0. The number of nitrogens with one attached hydrogen (secondary N) is 1. The standard InChI is InChI=1S/C31H39N3O4S/c1-5-24(3)32-31(36)25(4)33(22-21-26-15-9-7-10-16-26)30(35)23-34(29-20-14-13-17-27(29)6-2)39(37,38)28-18-11-8-12-19-28/h7-20,24-25H,5-6,21-23H2,1-4H3,(H,32,36)/t24-,25+/m1/s1. The van der Waals surface area contributed by atoms with Gasteiger partial charge >= 0.3 is 0 Å². The molecule has 0 spiro atoms. The van der Waals surface area contributed by atoms with Crippen molar-refractivity contribution in [3.05, 3.63) is 96.1 Å². The fraction of sp³-hybridized carbons (Fsp3) is 0.355. The van der Waals surface area contributed by atoms with Crippen LogP contribution in [0, 0.1) is 0 Å². The molecular formula is C31H39N3O4S. The fourth-order valence-electron chi connectivity index (χ4n) is 4.32. The number of carbonyl (C=O) groups excluding carboxylic acids is 2. The molecule has 0 aliphatic rings. The van der Waals surface area contributed by atoms with Crippen molar-refractivity contribution in [2.45, 2.75) is 63.9 Å². The zero-order valence-electron chi connectivity index (χ0n) is 23.2. The monoisotopic (exact) mass is 549 g/mol. The summed E-state index contributed by atoms with van der Waals surface area (Å²) in [6.45, 7) is 7.37. The molecule has 8 heteroatoms. The highest BCUT2D eigenvalue weighted by Gasteiger charge is 2.33. The van der Waals surface area contributed by atoms with Crippen LogP contribution in [0.2, 0.25) is 0 Å². The van der Waals surface area contributed by atoms with E-state index in [1.807, 2.05) is 63.2 Å². The number of carbonyl (C=O) groups is 2. The number of aryl methyl sites for hydroxylation is 1. The molecule has 3 rings (SSSR count). The van der Waals surface area contributed by atoms with Crippen molar-refractivity contribution < 1.29 is 18.0 Å². The van der Waals surface area contributed by atoms with E-state index in [0.717, 1.165) is 17.5 Å². The largest absolute Gasteiger partial charge is 0.352 e. The van der Waals surface area contributed by atoms with Gasteiger partial charge in [-0.2, -0.15) is 0 Å². The van der Waals surface area contributed by atoms with Crippen LogP contribution in [-0.2, 0) is 32.5 Å². The molecule has 2 amide bonds. The Balaban J connectivity index is 1.99. The Bertz CT molecular complexity index is 1330. The predicted molar refractivity (Wildman–Crippen MR) is 156 cm³/mol. The van der Waals surface area contributed by atoms with Crippen LogP contribution in [-0.4, -0.2) is 50.3 Å².